The maximum absolute atomic E-state index is 13.9. The number of hydrogen-bond acceptors (Lipinski definition) is 8. The number of rotatable bonds is 10. The average Bonchev–Trinajstić information content (AvgIpc) is 3.62. The molecule has 2 fully saturated rings. The molecule has 1 amide bonds. The normalized spacial score (nSPS) is 18.5. The van der Waals surface area contributed by atoms with Crippen LogP contribution in [0.15, 0.2) is 49.4 Å². The number of hydrogen-bond donors (Lipinski definition) is 1. The van der Waals surface area contributed by atoms with Crippen molar-refractivity contribution in [1.82, 2.24) is 39.3 Å². The van der Waals surface area contributed by atoms with Gasteiger partial charge in [0.15, 0.2) is 0 Å². The Kier molecular flexibility index (Phi) is 8.36. The van der Waals surface area contributed by atoms with Crippen LogP contribution in [-0.4, -0.2) is 89.7 Å². The number of ether oxygens (including phenoxy) is 1. The Morgan fingerprint density at radius 3 is 2.63 bits per heavy atom. The highest BCUT2D eigenvalue weighted by atomic mass is 19.3. The summed E-state index contributed by atoms with van der Waals surface area (Å²) in [4.78, 5) is 24.3. The lowest BCUT2D eigenvalue weighted by atomic mass is 9.80. The second-order valence-corrected chi connectivity index (χ2v) is 12.9. The van der Waals surface area contributed by atoms with Crippen LogP contribution in [0.1, 0.15) is 50.7 Å². The number of likely N-dealkylation sites (tertiary alicyclic amines) is 2. The van der Waals surface area contributed by atoms with E-state index in [1.165, 1.54) is 25.1 Å². The number of carbonyl (C=O) groups excluding carboxylic acids is 1. The number of aliphatic hydroxyl groups is 1. The Bertz CT molecular complexity index is 1740. The first kappa shape index (κ1) is 31.7. The van der Waals surface area contributed by atoms with Crippen molar-refractivity contribution in [2.24, 2.45) is 5.41 Å². The van der Waals surface area contributed by atoms with E-state index in [4.69, 9.17) is 4.74 Å². The monoisotopic (exact) mass is 638 g/mol. The molecule has 11 nitrogen and oxygen atoms in total. The molecule has 6 rings (SSSR count). The van der Waals surface area contributed by atoms with Crippen LogP contribution in [0.4, 0.5) is 13.2 Å². The molecular formula is C32H37F3N8O3. The fraction of sp³-hybridized carbons (Fsp3) is 0.469. The molecule has 5 heterocycles. The molecule has 46 heavy (non-hydrogen) atoms. The lowest BCUT2D eigenvalue weighted by molar-refractivity contribution is -0.138. The van der Waals surface area contributed by atoms with Crippen molar-refractivity contribution in [3.8, 4) is 17.0 Å². The van der Waals surface area contributed by atoms with Crippen LogP contribution < -0.4 is 4.74 Å². The van der Waals surface area contributed by atoms with Crippen LogP contribution in [0.2, 0.25) is 0 Å². The summed E-state index contributed by atoms with van der Waals surface area (Å²) in [5.74, 6) is -0.502. The van der Waals surface area contributed by atoms with Gasteiger partial charge in [-0.3, -0.25) is 14.3 Å². The molecule has 0 spiro atoms. The van der Waals surface area contributed by atoms with Crippen molar-refractivity contribution in [3.05, 3.63) is 66.6 Å². The number of fused-ring (bicyclic) bond motifs is 1. The fourth-order valence-corrected chi connectivity index (χ4v) is 6.59. The predicted molar refractivity (Wildman–Crippen MR) is 164 cm³/mol. The Hall–Kier alpha value is -4.30. The van der Waals surface area contributed by atoms with E-state index in [2.05, 4.69) is 38.7 Å². The number of benzene rings is 1. The van der Waals surface area contributed by atoms with Gasteiger partial charge in [0, 0.05) is 43.7 Å². The minimum atomic E-state index is -2.87. The van der Waals surface area contributed by atoms with Gasteiger partial charge in [-0.15, -0.1) is 5.10 Å². The minimum absolute atomic E-state index is 0.0250. The van der Waals surface area contributed by atoms with Crippen LogP contribution in [0.25, 0.3) is 22.3 Å². The first-order chi connectivity index (χ1) is 21.9. The first-order valence-corrected chi connectivity index (χ1v) is 15.2. The maximum Gasteiger partial charge on any atom is 0.320 e. The number of carbonyl (C=O) groups is 1. The number of piperidine rings is 1. The Labute approximate surface area is 264 Å². The molecule has 2 saturated heterocycles. The SMILES string of the molecule is C=CC(=O)N1CC(C)(CN2CCC(n3nnc(-c4cc(OCC(C)(O)c5ccc(F)cn5)c5c(c4)ncn5C(F)F)c3C)CC2)C1. The van der Waals surface area contributed by atoms with Gasteiger partial charge in [0.2, 0.25) is 5.91 Å². The minimum Gasteiger partial charge on any atom is -0.488 e. The van der Waals surface area contributed by atoms with Gasteiger partial charge < -0.3 is 19.6 Å². The van der Waals surface area contributed by atoms with Crippen molar-refractivity contribution in [3.63, 3.8) is 0 Å². The van der Waals surface area contributed by atoms with Gasteiger partial charge >= 0.3 is 6.55 Å². The summed E-state index contributed by atoms with van der Waals surface area (Å²) in [6.07, 6.45) is 5.16. The standard InChI is InChI=1S/C32H37F3N8O3/c1-5-27(44)41-16-31(3,17-41)15-40-10-8-23(9-11-40)43-20(2)28(38-39-43)21-12-24-29(42(19-37-24)30(34)35)25(13-21)46-18-32(4,45)26-7-6-22(33)14-36-26/h5-7,12-14,19,23,30,45H,1,8-11,15-18H2,2-4H3. The van der Waals surface area contributed by atoms with E-state index in [-0.39, 0.29) is 46.4 Å². The van der Waals surface area contributed by atoms with Gasteiger partial charge in [0.1, 0.15) is 41.3 Å². The third kappa shape index (κ3) is 6.10. The lowest BCUT2D eigenvalue weighted by Crippen LogP contribution is -2.61. The summed E-state index contributed by atoms with van der Waals surface area (Å²) >= 11 is 0. The number of aromatic nitrogens is 6. The van der Waals surface area contributed by atoms with Crippen molar-refractivity contribution in [2.45, 2.75) is 51.8 Å². The maximum atomic E-state index is 13.9. The molecule has 0 aliphatic carbocycles. The number of amides is 1. The Morgan fingerprint density at radius 2 is 1.98 bits per heavy atom. The van der Waals surface area contributed by atoms with E-state index in [0.29, 0.717) is 15.8 Å². The van der Waals surface area contributed by atoms with Gasteiger partial charge in [-0.25, -0.2) is 14.1 Å². The molecule has 244 valence electrons. The number of imidazole rings is 1. The molecule has 4 aromatic rings. The third-order valence-corrected chi connectivity index (χ3v) is 8.97. The molecule has 2 aliphatic rings. The summed E-state index contributed by atoms with van der Waals surface area (Å²) in [6, 6.07) is 5.92. The molecule has 0 saturated carbocycles. The topological polar surface area (TPSA) is 114 Å². The lowest BCUT2D eigenvalue weighted by Gasteiger charge is -2.50. The van der Waals surface area contributed by atoms with E-state index >= 15 is 0 Å². The number of pyridine rings is 1. The summed E-state index contributed by atoms with van der Waals surface area (Å²) in [6.45, 7) is 10.1. The van der Waals surface area contributed by atoms with Crippen molar-refractivity contribution >= 4 is 16.9 Å². The van der Waals surface area contributed by atoms with Gasteiger partial charge in [0.25, 0.3) is 0 Å². The van der Waals surface area contributed by atoms with Crippen molar-refractivity contribution < 1.29 is 27.8 Å². The van der Waals surface area contributed by atoms with Crippen LogP contribution in [0, 0.1) is 18.2 Å². The molecule has 14 heteroatoms. The zero-order chi connectivity index (χ0) is 32.8. The van der Waals surface area contributed by atoms with E-state index < -0.39 is 18.0 Å². The molecule has 0 bridgehead atoms. The summed E-state index contributed by atoms with van der Waals surface area (Å²) in [5, 5.41) is 20.0. The molecule has 1 atom stereocenters. The summed E-state index contributed by atoms with van der Waals surface area (Å²) in [7, 11) is 0. The molecule has 2 aliphatic heterocycles. The Morgan fingerprint density at radius 1 is 1.24 bits per heavy atom. The highest BCUT2D eigenvalue weighted by Gasteiger charge is 2.42. The van der Waals surface area contributed by atoms with Crippen LogP contribution in [0.5, 0.6) is 5.75 Å². The largest absolute Gasteiger partial charge is 0.488 e. The molecule has 0 radical (unpaired) electrons. The van der Waals surface area contributed by atoms with E-state index in [1.807, 2.05) is 16.5 Å². The zero-order valence-electron chi connectivity index (χ0n) is 26.0. The van der Waals surface area contributed by atoms with E-state index in [1.54, 1.807) is 12.1 Å². The zero-order valence-corrected chi connectivity index (χ0v) is 26.0. The molecule has 3 aromatic heterocycles. The van der Waals surface area contributed by atoms with E-state index in [9.17, 15) is 23.1 Å². The van der Waals surface area contributed by atoms with E-state index in [0.717, 1.165) is 63.8 Å². The van der Waals surface area contributed by atoms with Gasteiger partial charge in [0.05, 0.1) is 29.1 Å². The Balaban J connectivity index is 1.19. The molecule has 1 aromatic carbocycles. The van der Waals surface area contributed by atoms with Gasteiger partial charge in [-0.05, 0) is 57.0 Å². The number of alkyl halides is 2. The number of nitrogens with zero attached hydrogens (tertiary/aromatic N) is 8. The quantitative estimate of drug-likeness (QED) is 0.253. The summed E-state index contributed by atoms with van der Waals surface area (Å²) in [5.41, 5.74) is 0.910. The van der Waals surface area contributed by atoms with Crippen LogP contribution in [-0.2, 0) is 10.4 Å². The molecule has 1 N–H and O–H groups in total. The fourth-order valence-electron chi connectivity index (χ4n) is 6.59. The first-order valence-electron chi connectivity index (χ1n) is 15.2. The number of halogens is 3. The van der Waals surface area contributed by atoms with Crippen molar-refractivity contribution in [1.29, 1.82) is 0 Å². The van der Waals surface area contributed by atoms with Gasteiger partial charge in [-0.1, -0.05) is 18.7 Å². The second kappa shape index (κ2) is 12.1. The highest BCUT2D eigenvalue weighted by molar-refractivity contribution is 5.88. The van der Waals surface area contributed by atoms with Crippen LogP contribution >= 0.6 is 0 Å². The van der Waals surface area contributed by atoms with Crippen molar-refractivity contribution in [2.75, 3.05) is 39.3 Å². The smallest absolute Gasteiger partial charge is 0.320 e. The third-order valence-electron chi connectivity index (χ3n) is 8.97. The predicted octanol–water partition coefficient (Wildman–Crippen LogP) is 4.49. The highest BCUT2D eigenvalue weighted by Crippen LogP contribution is 2.37. The average molecular weight is 639 g/mol. The van der Waals surface area contributed by atoms with Gasteiger partial charge in [-0.2, -0.15) is 8.78 Å². The van der Waals surface area contributed by atoms with Crippen LogP contribution in [0.3, 0.4) is 0 Å². The molecular weight excluding hydrogens is 601 g/mol. The second-order valence-electron chi connectivity index (χ2n) is 12.9. The molecule has 1 unspecified atom stereocenters. The summed E-state index contributed by atoms with van der Waals surface area (Å²) < 4.78 is 49.8.